The Morgan fingerprint density at radius 1 is 0.750 bits per heavy atom. The fraction of sp³-hybridized carbons (Fsp3) is 0.889. The second-order valence-corrected chi connectivity index (χ2v) is 9.72. The predicted octanol–water partition coefficient (Wildman–Crippen LogP) is -1.54. The van der Waals surface area contributed by atoms with E-state index in [0.29, 0.717) is 0 Å². The fourth-order valence-corrected chi connectivity index (χ4v) is 1.18. The monoisotopic (exact) mass is 681 g/mol. The normalized spacial score (nSPS) is 12.1. The van der Waals surface area contributed by atoms with E-state index in [9.17, 15) is 81.8 Å². The van der Waals surface area contributed by atoms with Crippen LogP contribution in [0.5, 0.6) is 0 Å². The van der Waals surface area contributed by atoms with Crippen LogP contribution < -0.4 is 56.1 Å². The van der Waals surface area contributed by atoms with Gasteiger partial charge < -0.3 is 4.70 Å². The number of halogens is 15. The largest absolute Gasteiger partial charge is 1.00 e. The van der Waals surface area contributed by atoms with Crippen LogP contribution in [0, 0.1) is 11.3 Å². The molecule has 8 nitrogen and oxygen atoms in total. The van der Waals surface area contributed by atoms with Crippen molar-refractivity contribution >= 4 is 40.1 Å². The summed E-state index contributed by atoms with van der Waals surface area (Å²) in [4.78, 5) is 0. The zero-order chi connectivity index (χ0) is 28.4. The van der Waals surface area contributed by atoms with E-state index in [4.69, 9.17) is 9.81 Å². The zero-order valence-corrected chi connectivity index (χ0v) is 22.3. The van der Waals surface area contributed by atoms with E-state index < -0.39 is 64.4 Å². The number of nitrogens with zero attached hydrogens (tertiary/aromatic N) is 1. The van der Waals surface area contributed by atoms with Crippen LogP contribution in [0.4, 0.5) is 56.6 Å². The molecule has 0 unspecified atom stereocenters. The molecule has 0 amide bonds. The van der Waals surface area contributed by atoms with Crippen LogP contribution in [0.1, 0.15) is 14.4 Å². The third-order valence-corrected chi connectivity index (χ3v) is 4.90. The Morgan fingerprint density at radius 2 is 0.944 bits per heavy atom. The van der Waals surface area contributed by atoms with E-state index in [2.05, 4.69) is 10.7 Å². The van der Waals surface area contributed by atoms with Gasteiger partial charge in [-0.3, -0.25) is 4.55 Å². The van der Waals surface area contributed by atoms with E-state index in [-0.39, 0.29) is 63.5 Å². The first kappa shape index (κ1) is 52.6. The van der Waals surface area contributed by atoms with E-state index in [1.807, 2.05) is 0 Å². The Bertz CT molecular complexity index is 841. The Labute approximate surface area is 241 Å². The summed E-state index contributed by atoms with van der Waals surface area (Å²) in [6.45, 7) is 1.43. The molecule has 0 spiro atoms. The second kappa shape index (κ2) is 19.3. The fourth-order valence-electron chi connectivity index (χ4n) is 0.325. The molecular weight excluding hydrogens is 671 g/mol. The maximum Gasteiger partial charge on any atom is 1.00 e. The average Bonchev–Trinajstić information content (AvgIpc) is 2.53. The van der Waals surface area contributed by atoms with Crippen LogP contribution in [-0.2, 0) is 29.4 Å². The van der Waals surface area contributed by atoms with Crippen LogP contribution in [0.3, 0.4) is 0 Å². The minimum atomic E-state index is -6.48. The Morgan fingerprint density at radius 3 is 0.944 bits per heavy atom. The van der Waals surface area contributed by atoms with E-state index in [1.165, 1.54) is 6.92 Å². The minimum Gasteiger partial charge on any atom is -1.00 e. The van der Waals surface area contributed by atoms with E-state index >= 15 is 0 Å². The van der Waals surface area contributed by atoms with Gasteiger partial charge in [-0.15, -0.1) is 0 Å². The second-order valence-electron chi connectivity index (χ2n) is 4.16. The summed E-state index contributed by atoms with van der Waals surface area (Å²) in [5.74, 6) is 0. The van der Waals surface area contributed by atoms with Crippen molar-refractivity contribution in [3.05, 3.63) is 0 Å². The van der Waals surface area contributed by atoms with Crippen LogP contribution in [0.25, 0.3) is 0 Å². The van der Waals surface area contributed by atoms with Crippen molar-refractivity contribution in [1.82, 2.24) is 0 Å². The molecule has 0 aliphatic rings. The van der Waals surface area contributed by atoms with Gasteiger partial charge in [0.2, 0.25) is 0 Å². The smallest absolute Gasteiger partial charge is 1.00 e. The van der Waals surface area contributed by atoms with Crippen molar-refractivity contribution in [2.75, 3.05) is 0 Å². The average molecular weight is 682 g/mol. The third kappa shape index (κ3) is 18.5. The molecule has 0 bridgehead atoms. The Balaban J connectivity index is -0.0000000637. The molecule has 0 aromatic carbocycles. The van der Waals surface area contributed by atoms with Crippen molar-refractivity contribution in [1.29, 1.82) is 5.26 Å². The topological polar surface area (TPSA) is 146 Å². The third-order valence-electron chi connectivity index (χ3n) is 1.76. The number of nitriles is 1. The molecular formula is C9H11ClF14KNO7S3. The van der Waals surface area contributed by atoms with Gasteiger partial charge in [0.1, 0.15) is 0 Å². The van der Waals surface area contributed by atoms with Crippen LogP contribution in [0.15, 0.2) is 0 Å². The van der Waals surface area contributed by atoms with Gasteiger partial charge in [-0.05, 0) is 0 Å². The van der Waals surface area contributed by atoms with Gasteiger partial charge in [0.05, 0.1) is 6.07 Å². The molecule has 0 saturated heterocycles. The van der Waals surface area contributed by atoms with E-state index in [0.717, 1.165) is 0 Å². The zero-order valence-electron chi connectivity index (χ0n) is 16.0. The molecule has 0 aromatic rings. The molecule has 0 aliphatic carbocycles. The predicted molar refractivity (Wildman–Crippen MR) is 87.2 cm³/mol. The standard InChI is InChI=1S/C2HClF4O2S.C2HF5O2S.C2H2F4O3S.C2H3N.CH4.FH.K/c3-10(8,9)2(6,7)1(4)5;2*3-1(4)2(5,6)10(7,8)9;1-2-3;;;/h2*1H;1H,(H,7,8,9);1H3;1H4;1H;/q;;;;;;+1/p-1. The Hall–Kier alpha value is 0.246. The maximum atomic E-state index is 11.6. The van der Waals surface area contributed by atoms with Crippen LogP contribution in [-0.4, -0.2) is 64.8 Å². The molecule has 0 radical (unpaired) electrons. The molecule has 27 heteroatoms. The van der Waals surface area contributed by atoms with Crippen LogP contribution >= 0.6 is 10.7 Å². The van der Waals surface area contributed by atoms with Crippen molar-refractivity contribution < 1.29 is 142 Å². The molecule has 36 heavy (non-hydrogen) atoms. The number of rotatable bonds is 6. The molecule has 0 fully saturated rings. The summed E-state index contributed by atoms with van der Waals surface area (Å²) >= 11 is 0. The first-order valence-electron chi connectivity index (χ1n) is 6.14. The van der Waals surface area contributed by atoms with Gasteiger partial charge in [-0.1, -0.05) is 11.3 Å². The summed E-state index contributed by atoms with van der Waals surface area (Å²) in [6, 6.07) is 1.75. The Kier molecular flexibility index (Phi) is 28.3. The first-order chi connectivity index (χ1) is 14.0. The first-order valence-corrected chi connectivity index (χ1v) is 11.3. The molecule has 0 saturated carbocycles. The van der Waals surface area contributed by atoms with Gasteiger partial charge in [-0.2, -0.15) is 48.4 Å². The van der Waals surface area contributed by atoms with Gasteiger partial charge in [-0.25, -0.2) is 34.8 Å². The molecule has 0 atom stereocenters. The molecule has 0 aliphatic heterocycles. The summed E-state index contributed by atoms with van der Waals surface area (Å²) in [5.41, 5.74) is 0. The number of hydrogen-bond acceptors (Lipinski definition) is 7. The van der Waals surface area contributed by atoms with Crippen molar-refractivity contribution in [2.24, 2.45) is 0 Å². The molecule has 0 aromatic heterocycles. The maximum absolute atomic E-state index is 11.6. The molecule has 218 valence electrons. The number of alkyl halides is 12. The summed E-state index contributed by atoms with van der Waals surface area (Å²) in [7, 11) is -14.0. The van der Waals surface area contributed by atoms with Crippen molar-refractivity contribution in [3.63, 3.8) is 0 Å². The van der Waals surface area contributed by atoms with Crippen molar-refractivity contribution in [3.8, 4) is 6.07 Å². The molecule has 1 N–H and O–H groups in total. The summed E-state index contributed by atoms with van der Waals surface area (Å²) in [5, 5.41) is -8.80. The molecule has 0 rings (SSSR count). The van der Waals surface area contributed by atoms with Crippen molar-refractivity contribution in [2.45, 2.75) is 49.4 Å². The quantitative estimate of drug-likeness (QED) is 0.154. The van der Waals surface area contributed by atoms with Gasteiger partial charge >= 0.3 is 116 Å². The van der Waals surface area contributed by atoms with E-state index in [1.54, 1.807) is 6.07 Å². The summed E-state index contributed by atoms with van der Waals surface area (Å²) in [6.07, 6.45) is -13.3. The van der Waals surface area contributed by atoms with Gasteiger partial charge in [0.15, 0.2) is 0 Å². The summed E-state index contributed by atoms with van der Waals surface area (Å²) < 4.78 is 210. The van der Waals surface area contributed by atoms with Crippen LogP contribution in [0.2, 0.25) is 0 Å². The number of hydrogen-bond donors (Lipinski definition) is 1. The van der Waals surface area contributed by atoms with Gasteiger partial charge in [0, 0.05) is 17.6 Å². The molecule has 0 heterocycles. The van der Waals surface area contributed by atoms with Gasteiger partial charge in [0.25, 0.3) is 0 Å². The SMILES string of the molecule is C.CC#N.O=S(=O)(Cl)C(F)(F)C(F)F.O=S(=O)(F)C(F)(F)C(F)F.O=S(=O)(O)C(F)(F)C(F)F.[F-].[K+]. The minimum absolute atomic E-state index is 0.